The lowest BCUT2D eigenvalue weighted by Gasteiger charge is -2.25. The maximum Gasteiger partial charge on any atom is 0.265 e. The van der Waals surface area contributed by atoms with Crippen molar-refractivity contribution in [2.75, 3.05) is 13.1 Å². The monoisotopic (exact) mass is 1070 g/mol. The van der Waals surface area contributed by atoms with Crippen molar-refractivity contribution in [3.8, 4) is 23.0 Å². The molecule has 0 atom stereocenters. The average molecular weight is 1080 g/mol. The van der Waals surface area contributed by atoms with Crippen LogP contribution >= 0.6 is 0 Å². The van der Waals surface area contributed by atoms with Crippen LogP contribution in [0.1, 0.15) is 112 Å². The molecule has 0 saturated heterocycles. The predicted molar refractivity (Wildman–Crippen MR) is 304 cm³/mol. The molecule has 8 aromatic carbocycles. The van der Waals surface area contributed by atoms with Crippen LogP contribution in [0.3, 0.4) is 0 Å². The van der Waals surface area contributed by atoms with E-state index >= 15 is 19.2 Å². The van der Waals surface area contributed by atoms with E-state index in [0.29, 0.717) is 35.4 Å². The molecule has 2 aliphatic rings. The molecular weight excluding hydrogens is 1020 g/mol. The number of rotatable bonds is 18. The second-order valence-corrected chi connectivity index (χ2v) is 19.9. The van der Waals surface area contributed by atoms with Gasteiger partial charge in [-0.3, -0.25) is 29.0 Å². The highest BCUT2D eigenvalue weighted by Crippen LogP contribution is 2.52. The van der Waals surface area contributed by atoms with E-state index in [1.807, 2.05) is 135 Å². The van der Waals surface area contributed by atoms with E-state index in [1.54, 1.807) is 48.5 Å². The van der Waals surface area contributed by atoms with Crippen LogP contribution in [0, 0.1) is 11.6 Å². The third-order valence-electron chi connectivity index (χ3n) is 15.0. The Hall–Kier alpha value is -9.88. The number of carbonyl (C=O) groups excluding carboxylic acids is 4. The van der Waals surface area contributed by atoms with E-state index in [4.69, 9.17) is 24.2 Å². The van der Waals surface area contributed by atoms with Crippen LogP contribution in [-0.4, -0.2) is 56.5 Å². The fraction of sp³-hybridized carbons (Fsp3) is 0.147. The van der Waals surface area contributed by atoms with E-state index in [1.165, 1.54) is 24.3 Å². The third kappa shape index (κ3) is 9.81. The number of imide groups is 2. The van der Waals surface area contributed by atoms with E-state index in [9.17, 15) is 8.78 Å². The van der Waals surface area contributed by atoms with Crippen LogP contribution in [-0.2, 0) is 25.7 Å². The Balaban J connectivity index is 1.10. The number of nitrogens with zero attached hydrogens (tertiary/aromatic N) is 4. The van der Waals surface area contributed by atoms with Crippen LogP contribution < -0.4 is 14.2 Å². The summed E-state index contributed by atoms with van der Waals surface area (Å²) in [6.07, 6.45) is -0.240. The molecule has 11 nitrogen and oxygen atoms in total. The first-order valence-electron chi connectivity index (χ1n) is 27.0. The molecule has 0 fully saturated rings. The molecule has 81 heavy (non-hydrogen) atoms. The van der Waals surface area contributed by atoms with Gasteiger partial charge in [-0.2, -0.15) is 0 Å². The van der Waals surface area contributed by atoms with Crippen LogP contribution in [0.2, 0.25) is 0 Å². The topological polar surface area (TPSA) is 128 Å². The minimum Gasteiger partial charge on any atom is -0.478 e. The molecule has 0 aliphatic carbocycles. The minimum absolute atomic E-state index is 0.0437. The lowest BCUT2D eigenvalue weighted by molar-refractivity contribution is 0.0639. The van der Waals surface area contributed by atoms with E-state index in [2.05, 4.69) is 0 Å². The van der Waals surface area contributed by atoms with Gasteiger partial charge in [0.15, 0.2) is 23.0 Å². The van der Waals surface area contributed by atoms with E-state index in [-0.39, 0.29) is 93.0 Å². The van der Waals surface area contributed by atoms with Crippen molar-refractivity contribution in [1.82, 2.24) is 19.8 Å². The van der Waals surface area contributed by atoms with Gasteiger partial charge < -0.3 is 14.2 Å². The fourth-order valence-electron chi connectivity index (χ4n) is 10.7. The number of fused-ring (bicyclic) bond motifs is 4. The Bertz CT molecular complexity index is 3710. The number of aryl methyl sites for hydroxylation is 2. The molecule has 13 heteroatoms. The lowest BCUT2D eigenvalue weighted by Crippen LogP contribution is -2.32. The quantitative estimate of drug-likeness (QED) is 0.0771. The first kappa shape index (κ1) is 51.9. The molecule has 4 heterocycles. The van der Waals surface area contributed by atoms with Crippen molar-refractivity contribution >= 4 is 45.4 Å². The molecule has 0 saturated carbocycles. The lowest BCUT2D eigenvalue weighted by atomic mass is 9.98. The van der Waals surface area contributed by atoms with Gasteiger partial charge in [-0.1, -0.05) is 159 Å². The summed E-state index contributed by atoms with van der Waals surface area (Å²) in [5, 5.41) is 0.557. The summed E-state index contributed by atoms with van der Waals surface area (Å²) in [4.78, 5) is 74.7. The molecule has 12 rings (SSSR count). The number of amides is 4. The molecule has 0 bridgehead atoms. The third-order valence-corrected chi connectivity index (χ3v) is 15.0. The van der Waals surface area contributed by atoms with Gasteiger partial charge in [-0.05, 0) is 108 Å². The standard InChI is InChI=1S/C68H52F2N4O7/c1-3-49-33-35-51-57(71-49)63(79-59(43-17-9-5-10-18-43)44-19-11-6-12-20-44)55-53(65(75)73(67(55)77)39-37-41-25-29-47(69)30-26-41)61(51)81-62-52-36-34-50(4-2)72-58(52)64(80-60(45-21-13-7-14-22-45)46-23-15-8-16-24-46)56-54(62)66(76)74(68(56)78)40-38-42-27-31-48(70)32-28-42/h5-36,59-60H,3-4,37-40H2,1-2H3. The van der Waals surface area contributed by atoms with Gasteiger partial charge in [0.2, 0.25) is 0 Å². The highest BCUT2D eigenvalue weighted by Gasteiger charge is 2.47. The maximum absolute atomic E-state index is 15.6. The van der Waals surface area contributed by atoms with Gasteiger partial charge >= 0.3 is 0 Å². The van der Waals surface area contributed by atoms with Crippen LogP contribution in [0.5, 0.6) is 23.0 Å². The summed E-state index contributed by atoms with van der Waals surface area (Å²) in [5.74, 6) is -3.75. The maximum atomic E-state index is 15.6. The van der Waals surface area contributed by atoms with Gasteiger partial charge in [0.25, 0.3) is 23.6 Å². The number of hydrogen-bond donors (Lipinski definition) is 0. The van der Waals surface area contributed by atoms with Gasteiger partial charge in [-0.15, -0.1) is 0 Å². The van der Waals surface area contributed by atoms with Gasteiger partial charge in [0.1, 0.15) is 46.0 Å². The van der Waals surface area contributed by atoms with E-state index in [0.717, 1.165) is 32.1 Å². The zero-order valence-corrected chi connectivity index (χ0v) is 44.3. The normalized spacial score (nSPS) is 13.0. The summed E-state index contributed by atoms with van der Waals surface area (Å²) in [6.45, 7) is 3.69. The SMILES string of the molecule is CCc1ccc2c(Oc3c4c(c(OC(c5ccccc5)c5ccccc5)c5nc(CC)ccc35)C(=O)N(CCc3ccc(F)cc3)C4=O)c3c(c(OC(c4ccccc4)c4ccccc4)c2n1)C(=O)N(CCc1ccc(F)cc1)C3=O. The largest absolute Gasteiger partial charge is 0.478 e. The number of carbonyl (C=O) groups is 4. The Morgan fingerprint density at radius 1 is 0.395 bits per heavy atom. The fourth-order valence-corrected chi connectivity index (χ4v) is 10.7. The Kier molecular flexibility index (Phi) is 14.1. The summed E-state index contributed by atoms with van der Waals surface area (Å²) in [7, 11) is 0. The number of halogens is 2. The molecule has 4 amide bonds. The number of benzene rings is 8. The number of hydrogen-bond acceptors (Lipinski definition) is 9. The molecule has 400 valence electrons. The van der Waals surface area contributed by atoms with Gasteiger partial charge in [0.05, 0.1) is 11.1 Å². The molecule has 2 aliphatic heterocycles. The second-order valence-electron chi connectivity index (χ2n) is 19.9. The first-order chi connectivity index (χ1) is 39.6. The summed E-state index contributed by atoms with van der Waals surface area (Å²) >= 11 is 0. The highest BCUT2D eigenvalue weighted by molar-refractivity contribution is 6.29. The summed E-state index contributed by atoms with van der Waals surface area (Å²) in [5.41, 5.74) is 5.63. The van der Waals surface area contributed by atoms with Crippen molar-refractivity contribution in [3.63, 3.8) is 0 Å². The van der Waals surface area contributed by atoms with Crippen molar-refractivity contribution in [2.45, 2.75) is 51.7 Å². The molecule has 0 N–H and O–H groups in total. The predicted octanol–water partition coefficient (Wildman–Crippen LogP) is 14.0. The second kappa shape index (κ2) is 22.1. The van der Waals surface area contributed by atoms with Crippen molar-refractivity contribution < 1.29 is 42.2 Å². The Morgan fingerprint density at radius 2 is 0.704 bits per heavy atom. The average Bonchev–Trinajstić information content (AvgIpc) is 4.03. The molecule has 0 spiro atoms. The van der Waals surface area contributed by atoms with Crippen LogP contribution in [0.15, 0.2) is 194 Å². The Morgan fingerprint density at radius 3 is 1.01 bits per heavy atom. The summed E-state index contributed by atoms with van der Waals surface area (Å²) < 4.78 is 50.0. The molecule has 0 unspecified atom stereocenters. The van der Waals surface area contributed by atoms with Crippen molar-refractivity contribution in [2.24, 2.45) is 0 Å². The Labute approximate surface area is 466 Å². The zero-order chi connectivity index (χ0) is 55.7. The molecule has 0 radical (unpaired) electrons. The molecule has 2 aromatic heterocycles. The smallest absolute Gasteiger partial charge is 0.265 e. The zero-order valence-electron chi connectivity index (χ0n) is 44.3. The van der Waals surface area contributed by atoms with Crippen molar-refractivity contribution in [3.05, 3.63) is 273 Å². The van der Waals surface area contributed by atoms with Crippen molar-refractivity contribution in [1.29, 1.82) is 0 Å². The first-order valence-corrected chi connectivity index (χ1v) is 27.0. The van der Waals surface area contributed by atoms with Crippen LogP contribution in [0.25, 0.3) is 21.8 Å². The van der Waals surface area contributed by atoms with Gasteiger partial charge in [-0.25, -0.2) is 18.7 Å². The van der Waals surface area contributed by atoms with Gasteiger partial charge in [0, 0.05) is 35.2 Å². The number of aromatic nitrogens is 2. The minimum atomic E-state index is -0.798. The number of ether oxygens (including phenoxy) is 3. The number of pyridine rings is 2. The van der Waals surface area contributed by atoms with E-state index < -0.39 is 47.5 Å². The molecule has 10 aromatic rings. The van der Waals surface area contributed by atoms with Crippen LogP contribution in [0.4, 0.5) is 8.78 Å². The highest BCUT2D eigenvalue weighted by atomic mass is 19.1. The molecular formula is C68H52F2N4O7. The summed E-state index contributed by atoms with van der Waals surface area (Å²) in [6, 6.07) is 56.9.